The van der Waals surface area contributed by atoms with E-state index in [9.17, 15) is 0 Å². The number of halogens is 1. The van der Waals surface area contributed by atoms with Crippen molar-refractivity contribution in [3.05, 3.63) is 40.8 Å². The fourth-order valence-electron chi connectivity index (χ4n) is 1.80. The highest BCUT2D eigenvalue weighted by Crippen LogP contribution is 2.33. The molecule has 2 rings (SSSR count). The van der Waals surface area contributed by atoms with Gasteiger partial charge in [0, 0.05) is 11.8 Å². The lowest BCUT2D eigenvalue weighted by Gasteiger charge is -2.13. The predicted octanol–water partition coefficient (Wildman–Crippen LogP) is 3.87. The van der Waals surface area contributed by atoms with Crippen LogP contribution in [0.5, 0.6) is 11.5 Å². The molecule has 1 aromatic heterocycles. The standard InChI is InChI=1S/C14H16ClNO3/c1-9-6-12(17-2)13(18-3)7-11(9)16-8-10-4-5-14(15)19-10/h4-7,16H,8H2,1-3H3. The van der Waals surface area contributed by atoms with Gasteiger partial charge in [-0.05, 0) is 42.3 Å². The van der Waals surface area contributed by atoms with Crippen LogP contribution in [0.2, 0.25) is 5.22 Å². The third-order valence-electron chi connectivity index (χ3n) is 2.81. The van der Waals surface area contributed by atoms with E-state index < -0.39 is 0 Å². The lowest BCUT2D eigenvalue weighted by molar-refractivity contribution is 0.355. The maximum absolute atomic E-state index is 5.73. The number of ether oxygens (including phenoxy) is 2. The van der Waals surface area contributed by atoms with Crippen molar-refractivity contribution in [2.24, 2.45) is 0 Å². The minimum atomic E-state index is 0.390. The third-order valence-corrected chi connectivity index (χ3v) is 3.02. The summed E-state index contributed by atoms with van der Waals surface area (Å²) in [7, 11) is 3.23. The van der Waals surface area contributed by atoms with Crippen molar-refractivity contribution in [3.63, 3.8) is 0 Å². The maximum atomic E-state index is 5.73. The van der Waals surface area contributed by atoms with E-state index in [2.05, 4.69) is 5.32 Å². The Labute approximate surface area is 117 Å². The number of hydrogen-bond acceptors (Lipinski definition) is 4. The summed E-state index contributed by atoms with van der Waals surface area (Å²) >= 11 is 5.73. The van der Waals surface area contributed by atoms with E-state index in [1.807, 2.05) is 25.1 Å². The van der Waals surface area contributed by atoms with Crippen LogP contribution in [-0.4, -0.2) is 14.2 Å². The van der Waals surface area contributed by atoms with Crippen LogP contribution in [0.1, 0.15) is 11.3 Å². The van der Waals surface area contributed by atoms with E-state index in [1.54, 1.807) is 20.3 Å². The second-order valence-electron chi connectivity index (χ2n) is 4.08. The van der Waals surface area contributed by atoms with E-state index in [4.69, 9.17) is 25.5 Å². The summed E-state index contributed by atoms with van der Waals surface area (Å²) in [4.78, 5) is 0. The van der Waals surface area contributed by atoms with Crippen LogP contribution in [-0.2, 0) is 6.54 Å². The molecule has 0 spiro atoms. The van der Waals surface area contributed by atoms with Crippen molar-refractivity contribution in [3.8, 4) is 11.5 Å². The molecule has 0 aliphatic carbocycles. The first-order chi connectivity index (χ1) is 9.13. The average molecular weight is 282 g/mol. The maximum Gasteiger partial charge on any atom is 0.193 e. The van der Waals surface area contributed by atoms with E-state index in [1.165, 1.54) is 0 Å². The number of rotatable bonds is 5. The summed E-state index contributed by atoms with van der Waals surface area (Å²) in [6.07, 6.45) is 0. The zero-order chi connectivity index (χ0) is 13.8. The smallest absolute Gasteiger partial charge is 0.193 e. The van der Waals surface area contributed by atoms with Gasteiger partial charge in [0.15, 0.2) is 16.7 Å². The van der Waals surface area contributed by atoms with Crippen LogP contribution in [0.15, 0.2) is 28.7 Å². The molecule has 0 saturated heterocycles. The highest BCUT2D eigenvalue weighted by Gasteiger charge is 2.09. The molecule has 0 aliphatic heterocycles. The van der Waals surface area contributed by atoms with Crippen LogP contribution in [0, 0.1) is 6.92 Å². The van der Waals surface area contributed by atoms with E-state index >= 15 is 0 Å². The Morgan fingerprint density at radius 1 is 1.16 bits per heavy atom. The first-order valence-corrected chi connectivity index (χ1v) is 6.22. The van der Waals surface area contributed by atoms with Gasteiger partial charge in [-0.3, -0.25) is 0 Å². The van der Waals surface area contributed by atoms with Crippen LogP contribution >= 0.6 is 11.6 Å². The Bertz CT molecular complexity index is 566. The Hall–Kier alpha value is -1.81. The molecule has 2 aromatic rings. The van der Waals surface area contributed by atoms with Crippen LogP contribution < -0.4 is 14.8 Å². The molecule has 0 fully saturated rings. The number of methoxy groups -OCH3 is 2. The second kappa shape index (κ2) is 5.89. The first kappa shape index (κ1) is 13.6. The Kier molecular flexibility index (Phi) is 4.22. The zero-order valence-corrected chi connectivity index (χ0v) is 11.9. The van der Waals surface area contributed by atoms with Crippen molar-refractivity contribution in [1.29, 1.82) is 0 Å². The third kappa shape index (κ3) is 3.15. The molecule has 0 amide bonds. The average Bonchev–Trinajstić information content (AvgIpc) is 2.82. The first-order valence-electron chi connectivity index (χ1n) is 5.84. The van der Waals surface area contributed by atoms with Crippen molar-refractivity contribution in [1.82, 2.24) is 0 Å². The van der Waals surface area contributed by atoms with Gasteiger partial charge in [-0.15, -0.1) is 0 Å². The van der Waals surface area contributed by atoms with Crippen molar-refractivity contribution < 1.29 is 13.9 Å². The molecule has 0 bridgehead atoms. The minimum absolute atomic E-state index is 0.390. The molecule has 0 radical (unpaired) electrons. The number of hydrogen-bond donors (Lipinski definition) is 1. The summed E-state index contributed by atoms with van der Waals surface area (Å²) in [5.41, 5.74) is 2.03. The normalized spacial score (nSPS) is 10.3. The molecule has 1 heterocycles. The minimum Gasteiger partial charge on any atom is -0.493 e. The van der Waals surface area contributed by atoms with Crippen molar-refractivity contribution in [2.75, 3.05) is 19.5 Å². The summed E-state index contributed by atoms with van der Waals surface area (Å²) in [5, 5.41) is 3.67. The topological polar surface area (TPSA) is 43.6 Å². The molecule has 19 heavy (non-hydrogen) atoms. The molecular weight excluding hydrogens is 266 g/mol. The molecular formula is C14H16ClNO3. The summed E-state index contributed by atoms with van der Waals surface area (Å²) in [6, 6.07) is 7.39. The number of furan rings is 1. The Morgan fingerprint density at radius 2 is 1.84 bits per heavy atom. The van der Waals surface area contributed by atoms with E-state index in [-0.39, 0.29) is 0 Å². The van der Waals surface area contributed by atoms with Gasteiger partial charge in [0.05, 0.1) is 20.8 Å². The fraction of sp³-hybridized carbons (Fsp3) is 0.286. The number of anilines is 1. The van der Waals surface area contributed by atoms with E-state index in [0.717, 1.165) is 17.0 Å². The molecule has 1 aromatic carbocycles. The van der Waals surface area contributed by atoms with Crippen LogP contribution in [0.3, 0.4) is 0 Å². The molecule has 0 saturated carbocycles. The number of nitrogens with one attached hydrogen (secondary N) is 1. The summed E-state index contributed by atoms with van der Waals surface area (Å²) in [5.74, 6) is 2.18. The molecule has 1 N–H and O–H groups in total. The summed E-state index contributed by atoms with van der Waals surface area (Å²) in [6.45, 7) is 2.56. The lowest BCUT2D eigenvalue weighted by atomic mass is 10.1. The Balaban J connectivity index is 2.15. The second-order valence-corrected chi connectivity index (χ2v) is 4.45. The fourth-order valence-corrected chi connectivity index (χ4v) is 1.96. The van der Waals surface area contributed by atoms with Gasteiger partial charge in [-0.25, -0.2) is 0 Å². The SMILES string of the molecule is COc1cc(C)c(NCc2ccc(Cl)o2)cc1OC. The molecule has 5 heteroatoms. The van der Waals surface area contributed by atoms with Crippen molar-refractivity contribution in [2.45, 2.75) is 13.5 Å². The Morgan fingerprint density at radius 3 is 2.42 bits per heavy atom. The van der Waals surface area contributed by atoms with Gasteiger partial charge in [0.2, 0.25) is 0 Å². The quantitative estimate of drug-likeness (QED) is 0.903. The van der Waals surface area contributed by atoms with Gasteiger partial charge in [-0.2, -0.15) is 0 Å². The zero-order valence-electron chi connectivity index (χ0n) is 11.1. The van der Waals surface area contributed by atoms with Crippen LogP contribution in [0.25, 0.3) is 0 Å². The lowest BCUT2D eigenvalue weighted by Crippen LogP contribution is -2.01. The van der Waals surface area contributed by atoms with Gasteiger partial charge < -0.3 is 19.2 Å². The van der Waals surface area contributed by atoms with E-state index in [0.29, 0.717) is 23.3 Å². The van der Waals surface area contributed by atoms with Gasteiger partial charge >= 0.3 is 0 Å². The van der Waals surface area contributed by atoms with Gasteiger partial charge in [0.1, 0.15) is 5.76 Å². The molecule has 4 nitrogen and oxygen atoms in total. The van der Waals surface area contributed by atoms with Gasteiger partial charge in [-0.1, -0.05) is 0 Å². The highest BCUT2D eigenvalue weighted by atomic mass is 35.5. The van der Waals surface area contributed by atoms with Gasteiger partial charge in [0.25, 0.3) is 0 Å². The molecule has 0 unspecified atom stereocenters. The molecule has 0 aliphatic rings. The molecule has 0 atom stereocenters. The number of aryl methyl sites for hydroxylation is 1. The molecule has 102 valence electrons. The van der Waals surface area contributed by atoms with Crippen LogP contribution in [0.4, 0.5) is 5.69 Å². The van der Waals surface area contributed by atoms with Crippen molar-refractivity contribution >= 4 is 17.3 Å². The number of benzene rings is 1. The monoisotopic (exact) mass is 281 g/mol. The largest absolute Gasteiger partial charge is 0.493 e. The summed E-state index contributed by atoms with van der Waals surface area (Å²) < 4.78 is 15.8. The predicted molar refractivity (Wildman–Crippen MR) is 75.3 cm³/mol. The highest BCUT2D eigenvalue weighted by molar-refractivity contribution is 6.28.